The number of likely N-dealkylation sites (tertiary alicyclic amines) is 1. The number of benzene rings is 1. The van der Waals surface area contributed by atoms with Gasteiger partial charge in [-0.3, -0.25) is 14.4 Å². The van der Waals surface area contributed by atoms with Gasteiger partial charge in [0.2, 0.25) is 0 Å². The van der Waals surface area contributed by atoms with Crippen molar-refractivity contribution >= 4 is 46.0 Å². The quantitative estimate of drug-likeness (QED) is 0.449. The van der Waals surface area contributed by atoms with Crippen LogP contribution in [0.15, 0.2) is 29.6 Å². The van der Waals surface area contributed by atoms with Crippen molar-refractivity contribution in [3.05, 3.63) is 61.5 Å². The lowest BCUT2D eigenvalue weighted by Crippen LogP contribution is -2.48. The molecule has 0 bridgehead atoms. The maximum Gasteiger partial charge on any atom is 0.273 e. The largest absolute Gasteiger partial charge is 0.368 e. The molecule has 3 aromatic rings. The van der Waals surface area contributed by atoms with Gasteiger partial charge >= 0.3 is 0 Å². The van der Waals surface area contributed by atoms with Crippen LogP contribution in [0.5, 0.6) is 0 Å². The number of hydrogen-bond donors (Lipinski definition) is 0. The molecule has 2 fully saturated rings. The molecule has 10 heteroatoms. The highest BCUT2D eigenvalue weighted by molar-refractivity contribution is 7.13. The Balaban J connectivity index is 1.14. The second kappa shape index (κ2) is 10.7. The van der Waals surface area contributed by atoms with Crippen molar-refractivity contribution in [2.24, 2.45) is 0 Å². The van der Waals surface area contributed by atoms with Crippen molar-refractivity contribution in [3.8, 4) is 0 Å². The van der Waals surface area contributed by atoms with Crippen molar-refractivity contribution in [1.82, 2.24) is 19.8 Å². The van der Waals surface area contributed by atoms with Crippen molar-refractivity contribution in [3.63, 3.8) is 0 Å². The lowest BCUT2D eigenvalue weighted by molar-refractivity contribution is 0.0716. The molecule has 2 aromatic heterocycles. The minimum absolute atomic E-state index is 0.0160. The average molecular weight is 538 g/mol. The van der Waals surface area contributed by atoms with Crippen LogP contribution in [-0.4, -0.2) is 76.6 Å². The molecule has 0 saturated carbocycles. The van der Waals surface area contributed by atoms with E-state index in [2.05, 4.69) is 9.88 Å². The van der Waals surface area contributed by atoms with Crippen LogP contribution in [0.1, 0.15) is 71.9 Å². The van der Waals surface area contributed by atoms with Crippen molar-refractivity contribution in [2.45, 2.75) is 39.5 Å². The zero-order valence-electron chi connectivity index (χ0n) is 21.4. The summed E-state index contributed by atoms with van der Waals surface area (Å²) >= 11 is 3.02. The van der Waals surface area contributed by atoms with E-state index in [-0.39, 0.29) is 23.5 Å². The Kier molecular flexibility index (Phi) is 7.39. The van der Waals surface area contributed by atoms with E-state index >= 15 is 0 Å². The number of Topliss-reactive ketones (excluding diaryl/α,β-unsaturated/α-hetero) is 1. The highest BCUT2D eigenvalue weighted by Crippen LogP contribution is 2.32. The van der Waals surface area contributed by atoms with Gasteiger partial charge in [-0.2, -0.15) is 0 Å². The zero-order valence-corrected chi connectivity index (χ0v) is 23.0. The molecule has 0 radical (unpaired) electrons. The molecular weight excluding hydrogens is 506 g/mol. The standard InChI is InChI=1S/C27H31N5O3S2/c1-17-24(37-19(3)28-17)27(35)31-10-8-21(9-11-31)25-29-23(16-36-25)26(34)32-14-12-30(13-15-32)22-6-4-20(5-7-22)18(2)33/h4-7,16,21H,8-15H2,1-3H3. The molecule has 1 aromatic carbocycles. The molecule has 0 spiro atoms. The van der Waals surface area contributed by atoms with Gasteiger partial charge in [0, 0.05) is 61.8 Å². The van der Waals surface area contributed by atoms with Gasteiger partial charge in [-0.1, -0.05) is 0 Å². The highest BCUT2D eigenvalue weighted by Gasteiger charge is 2.30. The molecule has 0 N–H and O–H groups in total. The molecule has 5 rings (SSSR count). The molecule has 194 valence electrons. The van der Waals surface area contributed by atoms with Crippen molar-refractivity contribution in [2.75, 3.05) is 44.2 Å². The highest BCUT2D eigenvalue weighted by atomic mass is 32.1. The number of aryl methyl sites for hydroxylation is 2. The van der Waals surface area contributed by atoms with Crippen LogP contribution in [0, 0.1) is 13.8 Å². The number of aromatic nitrogens is 2. The normalized spacial score (nSPS) is 16.8. The molecule has 2 aliphatic heterocycles. The summed E-state index contributed by atoms with van der Waals surface area (Å²) in [7, 11) is 0. The molecule has 0 atom stereocenters. The third-order valence-corrected chi connectivity index (χ3v) is 9.24. The number of carbonyl (C=O) groups excluding carboxylic acids is 3. The van der Waals surface area contributed by atoms with E-state index in [0.29, 0.717) is 37.4 Å². The Bertz CT molecular complexity index is 1300. The van der Waals surface area contributed by atoms with E-state index in [4.69, 9.17) is 4.98 Å². The Hall–Kier alpha value is -3.11. The number of hydrogen-bond acceptors (Lipinski definition) is 8. The molecule has 2 amide bonds. The third kappa shape index (κ3) is 5.45. The molecule has 2 aliphatic rings. The zero-order chi connectivity index (χ0) is 26.1. The Labute approximate surface area is 224 Å². The molecule has 37 heavy (non-hydrogen) atoms. The maximum absolute atomic E-state index is 13.1. The summed E-state index contributed by atoms with van der Waals surface area (Å²) in [5.74, 6) is 0.391. The predicted octanol–water partition coefficient (Wildman–Crippen LogP) is 4.40. The maximum atomic E-state index is 13.1. The third-order valence-electron chi connectivity index (χ3n) is 7.18. The van der Waals surface area contributed by atoms with Crippen molar-refractivity contribution in [1.29, 1.82) is 0 Å². The van der Waals surface area contributed by atoms with Crippen LogP contribution in [0.4, 0.5) is 5.69 Å². The smallest absolute Gasteiger partial charge is 0.273 e. The van der Waals surface area contributed by atoms with E-state index in [1.54, 1.807) is 18.3 Å². The van der Waals surface area contributed by atoms with E-state index in [1.165, 1.54) is 11.3 Å². The van der Waals surface area contributed by atoms with E-state index < -0.39 is 0 Å². The lowest BCUT2D eigenvalue weighted by Gasteiger charge is -2.36. The summed E-state index contributed by atoms with van der Waals surface area (Å²) in [6.07, 6.45) is 1.70. The fourth-order valence-corrected chi connectivity index (χ4v) is 6.87. The number of thiazole rings is 2. The second-order valence-corrected chi connectivity index (χ2v) is 11.8. The van der Waals surface area contributed by atoms with Gasteiger partial charge in [0.1, 0.15) is 10.6 Å². The molecular formula is C27H31N5O3S2. The van der Waals surface area contributed by atoms with Gasteiger partial charge in [0.25, 0.3) is 11.8 Å². The van der Waals surface area contributed by atoms with Crippen LogP contribution >= 0.6 is 22.7 Å². The summed E-state index contributed by atoms with van der Waals surface area (Å²) in [5, 5.41) is 3.79. The van der Waals surface area contributed by atoms with Crippen LogP contribution in [0.25, 0.3) is 0 Å². The molecule has 8 nitrogen and oxygen atoms in total. The first-order chi connectivity index (χ1) is 17.8. The molecule has 0 unspecified atom stereocenters. The fourth-order valence-electron chi connectivity index (χ4n) is 5.01. The number of piperidine rings is 1. The van der Waals surface area contributed by atoms with Gasteiger partial charge in [-0.25, -0.2) is 9.97 Å². The van der Waals surface area contributed by atoms with Crippen LogP contribution in [0.3, 0.4) is 0 Å². The summed E-state index contributed by atoms with van der Waals surface area (Å²) in [6.45, 7) is 9.53. The van der Waals surface area contributed by atoms with Crippen LogP contribution in [0.2, 0.25) is 0 Å². The number of ketones is 1. The van der Waals surface area contributed by atoms with Gasteiger partial charge in [-0.05, 0) is 57.9 Å². The first-order valence-electron chi connectivity index (χ1n) is 12.6. The number of rotatable bonds is 5. The summed E-state index contributed by atoms with van der Waals surface area (Å²) < 4.78 is 0. The van der Waals surface area contributed by atoms with Crippen molar-refractivity contribution < 1.29 is 14.4 Å². The number of carbonyl (C=O) groups is 3. The van der Waals surface area contributed by atoms with Gasteiger partial charge in [0.15, 0.2) is 5.78 Å². The summed E-state index contributed by atoms with van der Waals surface area (Å²) in [5.41, 5.74) is 3.11. The second-order valence-electron chi connectivity index (χ2n) is 9.67. The minimum Gasteiger partial charge on any atom is -0.368 e. The first-order valence-corrected chi connectivity index (χ1v) is 14.3. The number of nitrogens with zero attached hydrogens (tertiary/aromatic N) is 5. The SMILES string of the molecule is CC(=O)c1ccc(N2CCN(C(=O)c3csc(C4CCN(C(=O)c5sc(C)nc5C)CC4)n3)CC2)cc1. The molecule has 2 saturated heterocycles. The average Bonchev–Trinajstić information content (AvgIpc) is 3.54. The summed E-state index contributed by atoms with van der Waals surface area (Å²) in [4.78, 5) is 53.5. The minimum atomic E-state index is -0.0160. The Morgan fingerprint density at radius 3 is 2.11 bits per heavy atom. The topological polar surface area (TPSA) is 86.7 Å². The molecule has 4 heterocycles. The fraction of sp³-hybridized carbons (Fsp3) is 0.444. The Morgan fingerprint density at radius 2 is 1.51 bits per heavy atom. The predicted molar refractivity (Wildman–Crippen MR) is 146 cm³/mol. The van der Waals surface area contributed by atoms with E-state index in [1.807, 2.05) is 53.3 Å². The lowest BCUT2D eigenvalue weighted by atomic mass is 9.97. The summed E-state index contributed by atoms with van der Waals surface area (Å²) in [6, 6.07) is 7.65. The van der Waals surface area contributed by atoms with Crippen LogP contribution in [-0.2, 0) is 0 Å². The van der Waals surface area contributed by atoms with Gasteiger partial charge in [0.05, 0.1) is 15.7 Å². The number of anilines is 1. The number of piperazine rings is 1. The first kappa shape index (κ1) is 25.5. The monoisotopic (exact) mass is 537 g/mol. The van der Waals surface area contributed by atoms with Gasteiger partial charge < -0.3 is 14.7 Å². The van der Waals surface area contributed by atoms with E-state index in [9.17, 15) is 14.4 Å². The Morgan fingerprint density at radius 1 is 0.865 bits per heavy atom. The van der Waals surface area contributed by atoms with E-state index in [0.717, 1.165) is 52.2 Å². The van der Waals surface area contributed by atoms with Crippen LogP contribution < -0.4 is 4.90 Å². The number of amides is 2. The van der Waals surface area contributed by atoms with Gasteiger partial charge in [-0.15, -0.1) is 22.7 Å². The molecule has 0 aliphatic carbocycles.